The van der Waals surface area contributed by atoms with Gasteiger partial charge in [-0.05, 0) is 148 Å². The number of allylic oxidation sites excluding steroid dienone is 1. The maximum atomic E-state index is 15.0. The first-order valence-corrected chi connectivity index (χ1v) is 20.2. The number of hydrogen-bond acceptors (Lipinski definition) is 4. The number of aliphatic hydroxyl groups excluding tert-OH is 1. The highest BCUT2D eigenvalue weighted by molar-refractivity contribution is 5.94. The number of hydrogen-bond donors (Lipinski definition) is 3. The number of fused-ring (bicyclic) bond motifs is 7. The molecular weight excluding hydrogens is 664 g/mol. The Morgan fingerprint density at radius 1 is 0.887 bits per heavy atom. The van der Waals surface area contributed by atoms with E-state index in [1.54, 1.807) is 13.0 Å². The molecule has 2 aromatic carbocycles. The van der Waals surface area contributed by atoms with Crippen LogP contribution in [0.15, 0.2) is 55.1 Å². The fourth-order valence-electron chi connectivity index (χ4n) is 12.9. The molecule has 5 aliphatic rings. The average Bonchev–Trinajstić information content (AvgIpc) is 3.57. The van der Waals surface area contributed by atoms with Crippen molar-refractivity contribution >= 4 is 18.1 Å². The van der Waals surface area contributed by atoms with Gasteiger partial charge in [0.2, 0.25) is 12.3 Å². The van der Waals surface area contributed by atoms with Crippen LogP contribution in [0.2, 0.25) is 0 Å². The molecule has 7 rings (SSSR count). The van der Waals surface area contributed by atoms with Gasteiger partial charge in [-0.3, -0.25) is 14.4 Å². The molecule has 7 heteroatoms. The van der Waals surface area contributed by atoms with Crippen LogP contribution in [0.25, 0.3) is 0 Å². The van der Waals surface area contributed by atoms with Gasteiger partial charge in [0.15, 0.2) is 5.78 Å². The first kappa shape index (κ1) is 40.9. The van der Waals surface area contributed by atoms with Gasteiger partial charge < -0.3 is 16.2 Å². The zero-order chi connectivity index (χ0) is 38.8. The summed E-state index contributed by atoms with van der Waals surface area (Å²) in [5, 5.41) is 14.2. The summed E-state index contributed by atoms with van der Waals surface area (Å²) in [6, 6.07) is 12.8. The van der Waals surface area contributed by atoms with Gasteiger partial charge in [0.25, 0.3) is 0 Å². The van der Waals surface area contributed by atoms with E-state index >= 15 is 4.39 Å². The second kappa shape index (κ2) is 16.2. The minimum atomic E-state index is -0.324. The Kier molecular flexibility index (Phi) is 12.5. The lowest BCUT2D eigenvalue weighted by atomic mass is 9.36. The van der Waals surface area contributed by atoms with Crippen LogP contribution in [-0.4, -0.2) is 29.3 Å². The van der Waals surface area contributed by atoms with Crippen molar-refractivity contribution in [2.75, 3.05) is 0 Å². The number of nitrogens with one attached hydrogen (secondary N) is 1. The molecule has 6 nitrogen and oxygen atoms in total. The van der Waals surface area contributed by atoms with Crippen LogP contribution < -0.4 is 11.1 Å². The molecule has 5 aliphatic carbocycles. The van der Waals surface area contributed by atoms with Gasteiger partial charge in [-0.25, -0.2) is 4.39 Å². The van der Waals surface area contributed by atoms with Gasteiger partial charge in [-0.1, -0.05) is 76.6 Å². The molecule has 0 aliphatic heterocycles. The highest BCUT2D eigenvalue weighted by Crippen LogP contribution is 2.73. The lowest BCUT2D eigenvalue weighted by molar-refractivity contribution is -0.214. The molecule has 2 amide bonds. The molecule has 53 heavy (non-hydrogen) atoms. The van der Waals surface area contributed by atoms with E-state index < -0.39 is 0 Å². The predicted molar refractivity (Wildman–Crippen MR) is 210 cm³/mol. The number of nitrogens with two attached hydrogens (primary N) is 1. The molecule has 9 unspecified atom stereocenters. The highest BCUT2D eigenvalue weighted by Gasteiger charge is 2.67. The summed E-state index contributed by atoms with van der Waals surface area (Å²) < 4.78 is 15.0. The molecule has 0 aromatic heterocycles. The van der Waals surface area contributed by atoms with E-state index in [2.05, 4.69) is 45.3 Å². The average molecular weight is 729 g/mol. The van der Waals surface area contributed by atoms with Crippen LogP contribution in [0.1, 0.15) is 139 Å². The largest absolute Gasteiger partial charge is 0.393 e. The zero-order valence-corrected chi connectivity index (χ0v) is 33.2. The van der Waals surface area contributed by atoms with Crippen LogP contribution in [0.4, 0.5) is 4.39 Å². The molecular formula is C46H65FN2O4. The Morgan fingerprint density at radius 3 is 2.19 bits per heavy atom. The number of ketones is 1. The van der Waals surface area contributed by atoms with Crippen molar-refractivity contribution in [2.45, 2.75) is 131 Å². The fraction of sp³-hybridized carbons (Fsp3) is 0.630. The third kappa shape index (κ3) is 7.53. The monoisotopic (exact) mass is 728 g/mol. The van der Waals surface area contributed by atoms with Crippen LogP contribution >= 0.6 is 0 Å². The fourth-order valence-corrected chi connectivity index (χ4v) is 12.9. The van der Waals surface area contributed by atoms with E-state index in [0.29, 0.717) is 52.6 Å². The summed E-state index contributed by atoms with van der Waals surface area (Å²) >= 11 is 0. The van der Waals surface area contributed by atoms with E-state index in [1.165, 1.54) is 31.7 Å². The summed E-state index contributed by atoms with van der Waals surface area (Å²) in [6.45, 7) is 16.8. The maximum absolute atomic E-state index is 15.0. The van der Waals surface area contributed by atoms with E-state index in [-0.39, 0.29) is 52.8 Å². The molecule has 0 saturated heterocycles. The second-order valence-corrected chi connectivity index (χ2v) is 18.2. The molecule has 9 atom stereocenters. The number of amides is 2. The van der Waals surface area contributed by atoms with Crippen molar-refractivity contribution in [1.82, 2.24) is 5.32 Å². The highest BCUT2D eigenvalue weighted by atomic mass is 19.1. The molecule has 0 radical (unpaired) electrons. The topological polar surface area (TPSA) is 109 Å². The lowest BCUT2D eigenvalue weighted by Gasteiger charge is -2.69. The molecule has 4 N–H and O–H groups in total. The Hall–Kier alpha value is -3.32. The first-order chi connectivity index (χ1) is 25.1. The smallest absolute Gasteiger partial charge is 0.226 e. The Bertz CT molecular complexity index is 1630. The minimum absolute atomic E-state index is 0.0304. The molecule has 290 valence electrons. The van der Waals surface area contributed by atoms with Gasteiger partial charge in [0.05, 0.1) is 11.5 Å². The number of benzene rings is 2. The Balaban J connectivity index is 0.000000847. The van der Waals surface area contributed by atoms with Crippen LogP contribution in [0.5, 0.6) is 0 Å². The summed E-state index contributed by atoms with van der Waals surface area (Å²) in [5.74, 6) is 2.84. The number of primary amides is 1. The maximum Gasteiger partial charge on any atom is 0.226 e. The zero-order valence-electron chi connectivity index (χ0n) is 33.2. The molecule has 0 heterocycles. The van der Waals surface area contributed by atoms with Crippen LogP contribution in [-0.2, 0) is 22.6 Å². The van der Waals surface area contributed by atoms with Gasteiger partial charge >= 0.3 is 0 Å². The van der Waals surface area contributed by atoms with Gasteiger partial charge in [0, 0.05) is 17.7 Å². The number of carbonyl (C=O) groups excluding carboxylic acids is 3. The summed E-state index contributed by atoms with van der Waals surface area (Å²) in [4.78, 5) is 34.5. The van der Waals surface area contributed by atoms with E-state index in [9.17, 15) is 14.7 Å². The standard InChI is InChI=1S/C42H56FNO3.C3H6.CH3NO/c1-26(45)29-11-8-27(9-12-29)23-28-10-14-34(43)30(24-28)25-44-38(47)42-19-6-7-33(42)31-13-15-36-40(4,32(31)16-22-42)20-17-35-39(2,3)37(46)18-21-41(35,36)5;1-3-2;2-1-3/h8-12,14,24,31-33,35-37,46H,6-7,13,15-23,25H2,1-5H3,(H,44,47);3H,1H2,2H3;1H,(H2,2,3). The number of carbonyl (C=O) groups is 3. The van der Waals surface area contributed by atoms with Crippen LogP contribution in [0, 0.1) is 57.1 Å². The molecule has 5 fully saturated rings. The van der Waals surface area contributed by atoms with E-state index in [4.69, 9.17) is 4.79 Å². The van der Waals surface area contributed by atoms with E-state index in [1.807, 2.05) is 43.3 Å². The third-order valence-electron chi connectivity index (χ3n) is 15.3. The van der Waals surface area contributed by atoms with Crippen molar-refractivity contribution in [1.29, 1.82) is 0 Å². The Labute approximate surface area is 318 Å². The van der Waals surface area contributed by atoms with Gasteiger partial charge in [-0.15, -0.1) is 6.58 Å². The number of rotatable bonds is 6. The molecule has 5 saturated carbocycles. The number of Topliss-reactive ketones (excluding diaryl/α,β-unsaturated/α-hetero) is 1. The predicted octanol–water partition coefficient (Wildman–Crippen LogP) is 9.36. The number of aliphatic hydroxyl groups is 1. The number of halogens is 1. The lowest BCUT2D eigenvalue weighted by Crippen LogP contribution is -2.63. The van der Waals surface area contributed by atoms with Crippen molar-refractivity contribution in [2.24, 2.45) is 57.0 Å². The molecule has 0 spiro atoms. The quantitative estimate of drug-likeness (QED) is 0.157. The van der Waals surface area contributed by atoms with Crippen molar-refractivity contribution in [3.8, 4) is 0 Å². The SMILES string of the molecule is C=CC.CC(=O)c1ccc(Cc2ccc(F)c(CNC(=O)C34CCCC3C3CCC5C(C)(CCC6C(C)(C)C(O)CCC65C)C3CC4)c2)cc1.NC=O. The van der Waals surface area contributed by atoms with Crippen LogP contribution in [0.3, 0.4) is 0 Å². The Morgan fingerprint density at radius 2 is 1.53 bits per heavy atom. The summed E-state index contributed by atoms with van der Waals surface area (Å²) in [7, 11) is 0. The van der Waals surface area contributed by atoms with Crippen molar-refractivity contribution < 1.29 is 23.9 Å². The van der Waals surface area contributed by atoms with Crippen molar-refractivity contribution in [3.05, 3.63) is 83.2 Å². The van der Waals surface area contributed by atoms with E-state index in [0.717, 1.165) is 56.1 Å². The molecule has 0 bridgehead atoms. The summed E-state index contributed by atoms with van der Waals surface area (Å²) in [6.07, 6.45) is 14.7. The minimum Gasteiger partial charge on any atom is -0.393 e. The third-order valence-corrected chi connectivity index (χ3v) is 15.3. The molecule has 2 aromatic rings. The van der Waals surface area contributed by atoms with Gasteiger partial charge in [-0.2, -0.15) is 0 Å². The van der Waals surface area contributed by atoms with Gasteiger partial charge in [0.1, 0.15) is 5.82 Å². The second-order valence-electron chi connectivity index (χ2n) is 18.2. The first-order valence-electron chi connectivity index (χ1n) is 20.2. The summed E-state index contributed by atoms with van der Waals surface area (Å²) in [5.41, 5.74) is 7.67. The van der Waals surface area contributed by atoms with Crippen molar-refractivity contribution in [3.63, 3.8) is 0 Å². The normalized spacial score (nSPS) is 34.9.